The maximum absolute atomic E-state index is 5.49. The molecule has 0 aromatic carbocycles. The summed E-state index contributed by atoms with van der Waals surface area (Å²) in [6, 6.07) is 0.594. The number of nitrogens with two attached hydrogens (primary N) is 1. The highest BCUT2D eigenvalue weighted by Gasteiger charge is 2.15. The van der Waals surface area contributed by atoms with Gasteiger partial charge in [-0.3, -0.25) is 9.58 Å². The zero-order chi connectivity index (χ0) is 12.1. The van der Waals surface area contributed by atoms with Crippen molar-refractivity contribution in [3.63, 3.8) is 0 Å². The minimum Gasteiger partial charge on any atom is -0.330 e. The molecular formula is C12H23N5. The molecule has 96 valence electrons. The van der Waals surface area contributed by atoms with Crippen LogP contribution in [0.5, 0.6) is 0 Å². The van der Waals surface area contributed by atoms with E-state index in [0.29, 0.717) is 6.04 Å². The molecular weight excluding hydrogens is 214 g/mol. The monoisotopic (exact) mass is 237 g/mol. The van der Waals surface area contributed by atoms with Gasteiger partial charge in [0.05, 0.1) is 6.20 Å². The minimum absolute atomic E-state index is 0.594. The van der Waals surface area contributed by atoms with Gasteiger partial charge in [0, 0.05) is 50.5 Å². The fraction of sp³-hybridized carbons (Fsp3) is 0.750. The van der Waals surface area contributed by atoms with Crippen molar-refractivity contribution in [2.75, 3.05) is 26.2 Å². The van der Waals surface area contributed by atoms with Gasteiger partial charge < -0.3 is 11.1 Å². The van der Waals surface area contributed by atoms with Crippen molar-refractivity contribution in [1.29, 1.82) is 0 Å². The van der Waals surface area contributed by atoms with Gasteiger partial charge in [0.2, 0.25) is 0 Å². The molecule has 1 atom stereocenters. The highest BCUT2D eigenvalue weighted by atomic mass is 15.3. The molecule has 0 amide bonds. The van der Waals surface area contributed by atoms with E-state index in [1.54, 1.807) is 0 Å². The molecule has 5 nitrogen and oxygen atoms in total. The van der Waals surface area contributed by atoms with Gasteiger partial charge in [-0.15, -0.1) is 0 Å². The summed E-state index contributed by atoms with van der Waals surface area (Å²) >= 11 is 0. The molecule has 0 spiro atoms. The molecule has 0 bridgehead atoms. The van der Waals surface area contributed by atoms with Crippen LogP contribution in [0.4, 0.5) is 0 Å². The van der Waals surface area contributed by atoms with Gasteiger partial charge in [0.15, 0.2) is 0 Å². The predicted octanol–water partition coefficient (Wildman–Crippen LogP) is 0.0256. The molecule has 0 radical (unpaired) electrons. The zero-order valence-corrected chi connectivity index (χ0v) is 10.6. The van der Waals surface area contributed by atoms with Gasteiger partial charge in [-0.05, 0) is 19.9 Å². The van der Waals surface area contributed by atoms with Crippen molar-refractivity contribution in [3.8, 4) is 0 Å². The molecule has 1 aliphatic heterocycles. The topological polar surface area (TPSA) is 59.1 Å². The van der Waals surface area contributed by atoms with Gasteiger partial charge in [0.1, 0.15) is 0 Å². The fourth-order valence-electron chi connectivity index (χ4n) is 2.28. The summed E-state index contributed by atoms with van der Waals surface area (Å²) in [5.41, 5.74) is 6.79. The lowest BCUT2D eigenvalue weighted by atomic mass is 10.2. The van der Waals surface area contributed by atoms with E-state index < -0.39 is 0 Å². The van der Waals surface area contributed by atoms with E-state index in [2.05, 4.69) is 28.4 Å². The third kappa shape index (κ3) is 3.80. The highest BCUT2D eigenvalue weighted by Crippen LogP contribution is 2.07. The van der Waals surface area contributed by atoms with Crippen LogP contribution in [0.15, 0.2) is 12.4 Å². The van der Waals surface area contributed by atoms with E-state index in [-0.39, 0.29) is 0 Å². The summed E-state index contributed by atoms with van der Waals surface area (Å²) in [6.07, 6.45) is 5.11. The number of rotatable bonds is 5. The number of nitrogens with one attached hydrogen (secondary N) is 1. The fourth-order valence-corrected chi connectivity index (χ4v) is 2.28. The lowest BCUT2D eigenvalue weighted by Gasteiger charge is -2.31. The second kappa shape index (κ2) is 6.14. The first kappa shape index (κ1) is 12.5. The Morgan fingerprint density at radius 1 is 1.59 bits per heavy atom. The minimum atomic E-state index is 0.594. The molecule has 1 fully saturated rings. The first-order valence-corrected chi connectivity index (χ1v) is 6.45. The van der Waals surface area contributed by atoms with Gasteiger partial charge in [-0.2, -0.15) is 5.10 Å². The average Bonchev–Trinajstić information content (AvgIpc) is 2.74. The second-order valence-electron chi connectivity index (χ2n) is 4.84. The van der Waals surface area contributed by atoms with Crippen LogP contribution in [0.3, 0.4) is 0 Å². The molecule has 2 rings (SSSR count). The standard InChI is InChI=1S/C12H23N5/c1-11-8-16(6-4-14-11)9-12-7-15-17(10-12)5-2-3-13/h7,10-11,14H,2-6,8-9,13H2,1H3. The molecule has 2 heterocycles. The van der Waals surface area contributed by atoms with Gasteiger partial charge >= 0.3 is 0 Å². The second-order valence-corrected chi connectivity index (χ2v) is 4.84. The van der Waals surface area contributed by atoms with Crippen molar-refractivity contribution >= 4 is 0 Å². The van der Waals surface area contributed by atoms with Crippen LogP contribution in [0.25, 0.3) is 0 Å². The first-order valence-electron chi connectivity index (χ1n) is 6.45. The molecule has 1 aromatic rings. The average molecular weight is 237 g/mol. The molecule has 3 N–H and O–H groups in total. The summed E-state index contributed by atoms with van der Waals surface area (Å²) in [4.78, 5) is 2.48. The Morgan fingerprint density at radius 2 is 2.47 bits per heavy atom. The largest absolute Gasteiger partial charge is 0.330 e. The van der Waals surface area contributed by atoms with Gasteiger partial charge in [0.25, 0.3) is 0 Å². The molecule has 1 unspecified atom stereocenters. The van der Waals surface area contributed by atoms with E-state index in [1.807, 2.05) is 10.9 Å². The number of hydrogen-bond donors (Lipinski definition) is 2. The molecule has 5 heteroatoms. The lowest BCUT2D eigenvalue weighted by Crippen LogP contribution is -2.48. The normalized spacial score (nSPS) is 21.9. The summed E-state index contributed by atoms with van der Waals surface area (Å²) in [5.74, 6) is 0. The van der Waals surface area contributed by atoms with Crippen LogP contribution in [-0.2, 0) is 13.1 Å². The Labute approximate surface area is 103 Å². The number of piperazine rings is 1. The quantitative estimate of drug-likeness (QED) is 0.758. The molecule has 1 saturated heterocycles. The van der Waals surface area contributed by atoms with E-state index in [1.165, 1.54) is 5.56 Å². The summed E-state index contributed by atoms with van der Waals surface area (Å²) in [7, 11) is 0. The smallest absolute Gasteiger partial charge is 0.0534 e. The van der Waals surface area contributed by atoms with E-state index in [4.69, 9.17) is 5.73 Å². The van der Waals surface area contributed by atoms with Crippen molar-refractivity contribution in [3.05, 3.63) is 18.0 Å². The van der Waals surface area contributed by atoms with Crippen molar-refractivity contribution in [2.24, 2.45) is 5.73 Å². The van der Waals surface area contributed by atoms with Crippen LogP contribution < -0.4 is 11.1 Å². The van der Waals surface area contributed by atoms with E-state index >= 15 is 0 Å². The van der Waals surface area contributed by atoms with Crippen LogP contribution in [-0.4, -0.2) is 46.9 Å². The van der Waals surface area contributed by atoms with Crippen LogP contribution in [0, 0.1) is 0 Å². The van der Waals surface area contributed by atoms with Crippen molar-refractivity contribution in [2.45, 2.75) is 32.5 Å². The maximum Gasteiger partial charge on any atom is 0.0534 e. The summed E-state index contributed by atoms with van der Waals surface area (Å²) in [5, 5.41) is 7.81. The van der Waals surface area contributed by atoms with Crippen molar-refractivity contribution < 1.29 is 0 Å². The first-order chi connectivity index (χ1) is 8.28. The zero-order valence-electron chi connectivity index (χ0n) is 10.6. The maximum atomic E-state index is 5.49. The Kier molecular flexibility index (Phi) is 4.53. The Bertz CT molecular complexity index is 335. The summed E-state index contributed by atoms with van der Waals surface area (Å²) < 4.78 is 1.99. The summed E-state index contributed by atoms with van der Waals surface area (Å²) in [6.45, 7) is 8.22. The molecule has 0 aliphatic carbocycles. The van der Waals surface area contributed by atoms with Crippen LogP contribution >= 0.6 is 0 Å². The van der Waals surface area contributed by atoms with Gasteiger partial charge in [-0.1, -0.05) is 0 Å². The van der Waals surface area contributed by atoms with Gasteiger partial charge in [-0.25, -0.2) is 0 Å². The molecule has 0 saturated carbocycles. The number of aromatic nitrogens is 2. The Morgan fingerprint density at radius 3 is 3.24 bits per heavy atom. The van der Waals surface area contributed by atoms with Crippen LogP contribution in [0.1, 0.15) is 18.9 Å². The molecule has 17 heavy (non-hydrogen) atoms. The number of hydrogen-bond acceptors (Lipinski definition) is 4. The number of aryl methyl sites for hydroxylation is 1. The molecule has 1 aliphatic rings. The molecule has 1 aromatic heterocycles. The number of nitrogens with zero attached hydrogens (tertiary/aromatic N) is 3. The van der Waals surface area contributed by atoms with Crippen molar-refractivity contribution in [1.82, 2.24) is 20.0 Å². The highest BCUT2D eigenvalue weighted by molar-refractivity contribution is 5.04. The third-order valence-electron chi connectivity index (χ3n) is 3.14. The Hall–Kier alpha value is -0.910. The lowest BCUT2D eigenvalue weighted by molar-refractivity contribution is 0.199. The van der Waals surface area contributed by atoms with Crippen LogP contribution in [0.2, 0.25) is 0 Å². The SMILES string of the molecule is CC1CN(Cc2cnn(CCCN)c2)CCN1. The van der Waals surface area contributed by atoms with E-state index in [0.717, 1.165) is 45.7 Å². The Balaban J connectivity index is 1.83. The van der Waals surface area contributed by atoms with E-state index in [9.17, 15) is 0 Å². The third-order valence-corrected chi connectivity index (χ3v) is 3.14. The predicted molar refractivity (Wildman–Crippen MR) is 68.6 cm³/mol.